The quantitative estimate of drug-likeness (QED) is 0.186. The molecule has 230 valence electrons. The molecule has 8 aromatic carbocycles. The zero-order chi connectivity index (χ0) is 32.3. The Bertz CT molecular complexity index is 2810. The lowest BCUT2D eigenvalue weighted by Crippen LogP contribution is -2.10. The van der Waals surface area contributed by atoms with Gasteiger partial charge < -0.3 is 9.32 Å². The van der Waals surface area contributed by atoms with Gasteiger partial charge in [-0.25, -0.2) is 0 Å². The van der Waals surface area contributed by atoms with Crippen molar-refractivity contribution in [1.29, 1.82) is 0 Å². The van der Waals surface area contributed by atoms with E-state index in [2.05, 4.69) is 181 Å². The molecule has 0 N–H and O–H groups in total. The number of furan rings is 1. The minimum Gasteiger partial charge on any atom is -0.455 e. The SMILES string of the molecule is c1ccc(-c2ccc(N(c3ccc4c(c3)oc3c(-c5ccccc5)cc5ccccc5c34)c3cccc4c3sc3ccccc34)cc2)cc1. The van der Waals surface area contributed by atoms with Crippen molar-refractivity contribution < 1.29 is 4.42 Å². The largest absolute Gasteiger partial charge is 0.455 e. The van der Waals surface area contributed by atoms with E-state index in [4.69, 9.17) is 4.42 Å². The van der Waals surface area contributed by atoms with Crippen molar-refractivity contribution in [1.82, 2.24) is 0 Å². The smallest absolute Gasteiger partial charge is 0.143 e. The minimum absolute atomic E-state index is 0.871. The second-order valence-corrected chi connectivity index (χ2v) is 13.6. The highest BCUT2D eigenvalue weighted by molar-refractivity contribution is 7.26. The van der Waals surface area contributed by atoms with Gasteiger partial charge in [0, 0.05) is 49.2 Å². The summed E-state index contributed by atoms with van der Waals surface area (Å²) in [5.74, 6) is 0. The lowest BCUT2D eigenvalue weighted by molar-refractivity contribution is 0.670. The van der Waals surface area contributed by atoms with Crippen molar-refractivity contribution >= 4 is 81.3 Å². The van der Waals surface area contributed by atoms with E-state index in [9.17, 15) is 0 Å². The third-order valence-electron chi connectivity index (χ3n) is 9.65. The fourth-order valence-electron chi connectivity index (χ4n) is 7.35. The molecule has 0 aliphatic heterocycles. The van der Waals surface area contributed by atoms with E-state index in [1.165, 1.54) is 42.1 Å². The highest BCUT2D eigenvalue weighted by Crippen LogP contribution is 2.47. The Balaban J connectivity index is 1.22. The molecular formula is C46H29NOS. The lowest BCUT2D eigenvalue weighted by Gasteiger charge is -2.26. The summed E-state index contributed by atoms with van der Waals surface area (Å²) in [7, 11) is 0. The normalized spacial score (nSPS) is 11.7. The van der Waals surface area contributed by atoms with Crippen molar-refractivity contribution in [3.63, 3.8) is 0 Å². The van der Waals surface area contributed by atoms with E-state index in [-0.39, 0.29) is 0 Å². The van der Waals surface area contributed by atoms with Gasteiger partial charge in [0.2, 0.25) is 0 Å². The molecule has 10 rings (SSSR count). The fourth-order valence-corrected chi connectivity index (χ4v) is 8.56. The van der Waals surface area contributed by atoms with Crippen LogP contribution in [0.4, 0.5) is 17.1 Å². The highest BCUT2D eigenvalue weighted by atomic mass is 32.1. The molecule has 0 atom stereocenters. The molecular weight excluding hydrogens is 615 g/mol. The van der Waals surface area contributed by atoms with E-state index < -0.39 is 0 Å². The Labute approximate surface area is 287 Å². The summed E-state index contributed by atoms with van der Waals surface area (Å²) in [6.07, 6.45) is 0. The van der Waals surface area contributed by atoms with Crippen LogP contribution in [0.3, 0.4) is 0 Å². The fraction of sp³-hybridized carbons (Fsp3) is 0. The van der Waals surface area contributed by atoms with Crippen molar-refractivity contribution in [3.8, 4) is 22.3 Å². The first-order valence-electron chi connectivity index (χ1n) is 16.6. The van der Waals surface area contributed by atoms with Crippen LogP contribution in [-0.4, -0.2) is 0 Å². The third-order valence-corrected chi connectivity index (χ3v) is 10.9. The number of anilines is 3. The van der Waals surface area contributed by atoms with Crippen LogP contribution in [0, 0.1) is 0 Å². The van der Waals surface area contributed by atoms with E-state index >= 15 is 0 Å². The summed E-state index contributed by atoms with van der Waals surface area (Å²) in [6.45, 7) is 0. The maximum atomic E-state index is 6.90. The summed E-state index contributed by atoms with van der Waals surface area (Å²) in [5.41, 5.74) is 9.74. The Morgan fingerprint density at radius 3 is 1.92 bits per heavy atom. The molecule has 2 nitrogen and oxygen atoms in total. The number of fused-ring (bicyclic) bond motifs is 8. The van der Waals surface area contributed by atoms with Gasteiger partial charge in [-0.1, -0.05) is 127 Å². The number of nitrogens with zero attached hydrogens (tertiary/aromatic N) is 1. The first-order valence-corrected chi connectivity index (χ1v) is 17.4. The number of thiophene rings is 1. The van der Waals surface area contributed by atoms with Gasteiger partial charge in [-0.2, -0.15) is 0 Å². The van der Waals surface area contributed by atoms with Crippen molar-refractivity contribution in [3.05, 3.63) is 176 Å². The number of hydrogen-bond acceptors (Lipinski definition) is 3. The molecule has 0 saturated carbocycles. The van der Waals surface area contributed by atoms with Gasteiger partial charge in [-0.05, 0) is 69.9 Å². The van der Waals surface area contributed by atoms with Crippen molar-refractivity contribution in [2.45, 2.75) is 0 Å². The van der Waals surface area contributed by atoms with Crippen LogP contribution in [0.1, 0.15) is 0 Å². The van der Waals surface area contributed by atoms with Crippen LogP contribution in [0.15, 0.2) is 180 Å². The molecule has 10 aromatic rings. The molecule has 0 fully saturated rings. The predicted octanol–water partition coefficient (Wildman–Crippen LogP) is 13.9. The average molecular weight is 644 g/mol. The summed E-state index contributed by atoms with van der Waals surface area (Å²) < 4.78 is 9.45. The summed E-state index contributed by atoms with van der Waals surface area (Å²) >= 11 is 1.85. The van der Waals surface area contributed by atoms with E-state index in [0.717, 1.165) is 50.1 Å². The second kappa shape index (κ2) is 11.2. The van der Waals surface area contributed by atoms with Crippen molar-refractivity contribution in [2.24, 2.45) is 0 Å². The zero-order valence-electron chi connectivity index (χ0n) is 26.5. The molecule has 0 aliphatic rings. The van der Waals surface area contributed by atoms with Gasteiger partial charge in [-0.3, -0.25) is 0 Å². The van der Waals surface area contributed by atoms with Gasteiger partial charge in [0.25, 0.3) is 0 Å². The average Bonchev–Trinajstić information content (AvgIpc) is 3.75. The molecule has 2 aromatic heterocycles. The third kappa shape index (κ3) is 4.55. The summed E-state index contributed by atoms with van der Waals surface area (Å²) in [6, 6.07) is 63.0. The predicted molar refractivity (Wildman–Crippen MR) is 210 cm³/mol. The lowest BCUT2D eigenvalue weighted by atomic mass is 9.96. The van der Waals surface area contributed by atoms with Gasteiger partial charge >= 0.3 is 0 Å². The van der Waals surface area contributed by atoms with Crippen LogP contribution in [0.5, 0.6) is 0 Å². The van der Waals surface area contributed by atoms with E-state index in [1.54, 1.807) is 0 Å². The standard InChI is InChI=1S/C46H29NOS/c1-3-12-30(13-4-1)31-22-24-34(25-23-31)47(41-20-11-19-38-37-18-9-10-21-43(37)49-46(38)41)35-26-27-39-42(29-35)48-45-40(32-14-5-2-6-15-32)28-33-16-7-8-17-36(33)44(39)45/h1-29H. The van der Waals surface area contributed by atoms with E-state index in [1.807, 2.05) is 11.3 Å². The Hall–Kier alpha value is -6.16. The molecule has 0 spiro atoms. The summed E-state index contributed by atoms with van der Waals surface area (Å²) in [5, 5.41) is 7.24. The van der Waals surface area contributed by atoms with E-state index in [0.29, 0.717) is 0 Å². The van der Waals surface area contributed by atoms with Crippen LogP contribution in [0.25, 0.3) is 75.1 Å². The number of hydrogen-bond donors (Lipinski definition) is 0. The first-order chi connectivity index (χ1) is 24.3. The van der Waals surface area contributed by atoms with Crippen LogP contribution >= 0.6 is 11.3 Å². The molecule has 49 heavy (non-hydrogen) atoms. The summed E-state index contributed by atoms with van der Waals surface area (Å²) in [4.78, 5) is 2.38. The maximum absolute atomic E-state index is 6.90. The van der Waals surface area contributed by atoms with Crippen molar-refractivity contribution in [2.75, 3.05) is 4.90 Å². The first kappa shape index (κ1) is 27.9. The van der Waals surface area contributed by atoms with Gasteiger partial charge in [0.1, 0.15) is 11.2 Å². The van der Waals surface area contributed by atoms with Gasteiger partial charge in [0.15, 0.2) is 0 Å². The van der Waals surface area contributed by atoms with Crippen LogP contribution in [-0.2, 0) is 0 Å². The molecule has 0 radical (unpaired) electrons. The van der Waals surface area contributed by atoms with Crippen LogP contribution in [0.2, 0.25) is 0 Å². The molecule has 2 heterocycles. The second-order valence-electron chi connectivity index (χ2n) is 12.5. The minimum atomic E-state index is 0.871. The Morgan fingerprint density at radius 1 is 0.449 bits per heavy atom. The molecule has 0 amide bonds. The molecule has 0 aliphatic carbocycles. The zero-order valence-corrected chi connectivity index (χ0v) is 27.3. The highest BCUT2D eigenvalue weighted by Gasteiger charge is 2.21. The molecule has 0 bridgehead atoms. The Kier molecular flexibility index (Phi) is 6.39. The molecule has 0 unspecified atom stereocenters. The topological polar surface area (TPSA) is 16.4 Å². The van der Waals surface area contributed by atoms with Crippen LogP contribution < -0.4 is 4.90 Å². The monoisotopic (exact) mass is 643 g/mol. The molecule has 3 heteroatoms. The molecule has 0 saturated heterocycles. The number of benzene rings is 8. The van der Waals surface area contributed by atoms with Gasteiger partial charge in [-0.15, -0.1) is 11.3 Å². The van der Waals surface area contributed by atoms with Gasteiger partial charge in [0.05, 0.1) is 10.4 Å². The number of rotatable bonds is 5. The Morgan fingerprint density at radius 2 is 1.10 bits per heavy atom. The maximum Gasteiger partial charge on any atom is 0.143 e.